The molecule has 1 saturated carbocycles. The van der Waals surface area contributed by atoms with E-state index >= 15 is 0 Å². The van der Waals surface area contributed by atoms with Crippen molar-refractivity contribution in [1.82, 2.24) is 0 Å². The van der Waals surface area contributed by atoms with E-state index in [0.717, 1.165) is 25.7 Å². The third-order valence-electron chi connectivity index (χ3n) is 3.37. The van der Waals surface area contributed by atoms with Crippen LogP contribution in [0.5, 0.6) is 5.75 Å². The molecule has 1 fully saturated rings. The average Bonchev–Trinajstić information content (AvgIpc) is 2.81. The van der Waals surface area contributed by atoms with Crippen LogP contribution in [0.25, 0.3) is 0 Å². The molecule has 4 nitrogen and oxygen atoms in total. The SMILES string of the molecule is O=S1(=O)OC(C2CCCC2)Oc2ccccc21. The van der Waals surface area contributed by atoms with E-state index < -0.39 is 16.4 Å². The van der Waals surface area contributed by atoms with Gasteiger partial charge in [0.25, 0.3) is 0 Å². The van der Waals surface area contributed by atoms with Gasteiger partial charge in [-0.1, -0.05) is 25.0 Å². The van der Waals surface area contributed by atoms with E-state index in [2.05, 4.69) is 0 Å². The quantitative estimate of drug-likeness (QED) is 0.722. The van der Waals surface area contributed by atoms with Crippen molar-refractivity contribution in [2.24, 2.45) is 5.92 Å². The number of para-hydroxylation sites is 1. The average molecular weight is 254 g/mol. The summed E-state index contributed by atoms with van der Waals surface area (Å²) < 4.78 is 34.7. The summed E-state index contributed by atoms with van der Waals surface area (Å²) in [4.78, 5) is 0.134. The zero-order chi connectivity index (χ0) is 11.9. The van der Waals surface area contributed by atoms with Gasteiger partial charge in [0.1, 0.15) is 10.6 Å². The summed E-state index contributed by atoms with van der Waals surface area (Å²) in [6.45, 7) is 0. The van der Waals surface area contributed by atoms with Crippen molar-refractivity contribution in [3.63, 3.8) is 0 Å². The van der Waals surface area contributed by atoms with Gasteiger partial charge < -0.3 is 4.74 Å². The second-order valence-corrected chi connectivity index (χ2v) is 6.07. The Balaban J connectivity index is 1.96. The molecule has 1 aliphatic heterocycles. The summed E-state index contributed by atoms with van der Waals surface area (Å²) in [5.41, 5.74) is 0. The van der Waals surface area contributed by atoms with E-state index in [-0.39, 0.29) is 10.8 Å². The van der Waals surface area contributed by atoms with Crippen LogP contribution in [-0.4, -0.2) is 14.7 Å². The minimum Gasteiger partial charge on any atom is -0.462 e. The molecule has 0 spiro atoms. The monoisotopic (exact) mass is 254 g/mol. The van der Waals surface area contributed by atoms with Gasteiger partial charge in [-0.2, -0.15) is 8.42 Å². The zero-order valence-corrected chi connectivity index (χ0v) is 10.2. The highest BCUT2D eigenvalue weighted by Gasteiger charge is 2.38. The van der Waals surface area contributed by atoms with Crippen molar-refractivity contribution in [3.05, 3.63) is 24.3 Å². The number of benzene rings is 1. The maximum absolute atomic E-state index is 11.9. The van der Waals surface area contributed by atoms with Gasteiger partial charge in [0.2, 0.25) is 6.29 Å². The molecule has 1 heterocycles. The Bertz CT molecular complexity index is 517. The molecule has 1 aromatic rings. The Hall–Kier alpha value is -1.07. The number of rotatable bonds is 1. The fourth-order valence-corrected chi connectivity index (χ4v) is 3.64. The second-order valence-electron chi connectivity index (χ2n) is 4.53. The summed E-state index contributed by atoms with van der Waals surface area (Å²) in [7, 11) is -3.65. The highest BCUT2D eigenvalue weighted by atomic mass is 32.2. The Morgan fingerprint density at radius 1 is 1.12 bits per heavy atom. The molecular formula is C12H14O4S. The van der Waals surface area contributed by atoms with Crippen molar-refractivity contribution >= 4 is 10.1 Å². The zero-order valence-electron chi connectivity index (χ0n) is 9.33. The van der Waals surface area contributed by atoms with Crippen molar-refractivity contribution in [2.75, 3.05) is 0 Å². The van der Waals surface area contributed by atoms with Gasteiger partial charge in [0, 0.05) is 5.92 Å². The third-order valence-corrected chi connectivity index (χ3v) is 4.69. The highest BCUT2D eigenvalue weighted by Crippen LogP contribution is 2.38. The van der Waals surface area contributed by atoms with Gasteiger partial charge in [-0.25, -0.2) is 4.18 Å². The standard InChI is InChI=1S/C12H14O4S/c13-17(14)11-8-4-3-7-10(11)15-12(16-17)9-5-1-2-6-9/h3-4,7-9,12H,1-2,5-6H2. The summed E-state index contributed by atoms with van der Waals surface area (Å²) >= 11 is 0. The van der Waals surface area contributed by atoms with Gasteiger partial charge >= 0.3 is 10.1 Å². The molecule has 1 aliphatic carbocycles. The van der Waals surface area contributed by atoms with Crippen LogP contribution in [0.1, 0.15) is 25.7 Å². The summed E-state index contributed by atoms with van der Waals surface area (Å²) in [5.74, 6) is 0.605. The molecule has 1 atom stereocenters. The Morgan fingerprint density at radius 3 is 2.59 bits per heavy atom. The van der Waals surface area contributed by atoms with Gasteiger partial charge in [-0.3, -0.25) is 0 Å². The number of hydrogen-bond donors (Lipinski definition) is 0. The molecular weight excluding hydrogens is 240 g/mol. The number of ether oxygens (including phenoxy) is 1. The van der Waals surface area contributed by atoms with E-state index in [1.807, 2.05) is 0 Å². The van der Waals surface area contributed by atoms with Crippen molar-refractivity contribution in [3.8, 4) is 5.75 Å². The van der Waals surface area contributed by atoms with Crippen LogP contribution < -0.4 is 4.74 Å². The number of hydrogen-bond acceptors (Lipinski definition) is 4. The molecule has 1 aromatic carbocycles. The summed E-state index contributed by atoms with van der Waals surface area (Å²) in [6.07, 6.45) is 3.55. The smallest absolute Gasteiger partial charge is 0.303 e. The van der Waals surface area contributed by atoms with E-state index in [9.17, 15) is 8.42 Å². The highest BCUT2D eigenvalue weighted by molar-refractivity contribution is 7.87. The Morgan fingerprint density at radius 2 is 1.82 bits per heavy atom. The van der Waals surface area contributed by atoms with Crippen LogP contribution in [0.4, 0.5) is 0 Å². The molecule has 92 valence electrons. The molecule has 0 bridgehead atoms. The molecule has 3 rings (SSSR count). The van der Waals surface area contributed by atoms with Gasteiger partial charge in [-0.05, 0) is 25.0 Å². The maximum atomic E-state index is 11.9. The molecule has 0 amide bonds. The van der Waals surface area contributed by atoms with Gasteiger partial charge in [0.15, 0.2) is 0 Å². The topological polar surface area (TPSA) is 52.6 Å². The lowest BCUT2D eigenvalue weighted by atomic mass is 10.1. The molecule has 0 saturated heterocycles. The fourth-order valence-electron chi connectivity index (χ4n) is 2.48. The first-order valence-electron chi connectivity index (χ1n) is 5.86. The summed E-state index contributed by atoms with van der Waals surface area (Å²) in [6, 6.07) is 6.62. The van der Waals surface area contributed by atoms with Crippen LogP contribution in [0, 0.1) is 5.92 Å². The van der Waals surface area contributed by atoms with E-state index in [1.54, 1.807) is 18.2 Å². The lowest BCUT2D eigenvalue weighted by Crippen LogP contribution is -2.35. The summed E-state index contributed by atoms with van der Waals surface area (Å²) in [5, 5.41) is 0. The molecule has 1 unspecified atom stereocenters. The first-order valence-corrected chi connectivity index (χ1v) is 7.27. The van der Waals surface area contributed by atoms with Crippen LogP contribution in [0.2, 0.25) is 0 Å². The van der Waals surface area contributed by atoms with Crippen LogP contribution in [-0.2, 0) is 14.3 Å². The number of fused-ring (bicyclic) bond motifs is 1. The lowest BCUT2D eigenvalue weighted by Gasteiger charge is -2.29. The molecule has 0 radical (unpaired) electrons. The first kappa shape index (κ1) is 11.0. The second kappa shape index (κ2) is 3.99. The van der Waals surface area contributed by atoms with Crippen LogP contribution >= 0.6 is 0 Å². The van der Waals surface area contributed by atoms with Crippen molar-refractivity contribution in [2.45, 2.75) is 36.9 Å². The first-order chi connectivity index (χ1) is 8.17. The maximum Gasteiger partial charge on any atom is 0.303 e. The predicted molar refractivity (Wildman–Crippen MR) is 61.1 cm³/mol. The predicted octanol–water partition coefficient (Wildman–Crippen LogP) is 2.30. The Labute approximate surface area is 101 Å². The Kier molecular flexibility index (Phi) is 2.60. The van der Waals surface area contributed by atoms with E-state index in [0.29, 0.717) is 5.75 Å². The third kappa shape index (κ3) is 1.93. The van der Waals surface area contributed by atoms with Crippen molar-refractivity contribution in [1.29, 1.82) is 0 Å². The van der Waals surface area contributed by atoms with Crippen molar-refractivity contribution < 1.29 is 17.3 Å². The molecule has 0 aromatic heterocycles. The van der Waals surface area contributed by atoms with E-state index in [1.165, 1.54) is 6.07 Å². The van der Waals surface area contributed by atoms with Crippen LogP contribution in [0.3, 0.4) is 0 Å². The molecule has 0 N–H and O–H groups in total. The largest absolute Gasteiger partial charge is 0.462 e. The molecule has 2 aliphatic rings. The fraction of sp³-hybridized carbons (Fsp3) is 0.500. The normalized spacial score (nSPS) is 27.4. The molecule has 17 heavy (non-hydrogen) atoms. The van der Waals surface area contributed by atoms with Gasteiger partial charge in [-0.15, -0.1) is 0 Å². The van der Waals surface area contributed by atoms with Crippen LogP contribution in [0.15, 0.2) is 29.2 Å². The molecule has 5 heteroatoms. The minimum absolute atomic E-state index is 0.134. The van der Waals surface area contributed by atoms with Gasteiger partial charge in [0.05, 0.1) is 0 Å². The lowest BCUT2D eigenvalue weighted by molar-refractivity contribution is -0.0450. The van der Waals surface area contributed by atoms with E-state index in [4.69, 9.17) is 8.92 Å². The minimum atomic E-state index is -3.65.